The maximum Gasteiger partial charge on any atom is 0.328 e. The Morgan fingerprint density at radius 2 is 1.92 bits per heavy atom. The number of anilines is 1. The molecule has 0 aliphatic carbocycles. The second-order valence-corrected chi connectivity index (χ2v) is 7.24. The number of aromatic amines is 1. The zero-order valence-electron chi connectivity index (χ0n) is 14.5. The minimum atomic E-state index is -0.613. The van der Waals surface area contributed by atoms with Crippen molar-refractivity contribution in [3.8, 4) is 0 Å². The van der Waals surface area contributed by atoms with E-state index in [1.807, 2.05) is 29.6 Å². The van der Waals surface area contributed by atoms with Gasteiger partial charge in [-0.2, -0.15) is 0 Å². The Hall–Kier alpha value is -2.93. The number of benzene rings is 1. The molecule has 0 atom stereocenters. The average molecular weight is 369 g/mol. The van der Waals surface area contributed by atoms with Gasteiger partial charge in [0.2, 0.25) is 0 Å². The summed E-state index contributed by atoms with van der Waals surface area (Å²) >= 11 is 1.44. The van der Waals surface area contributed by atoms with Gasteiger partial charge in [0.25, 0.3) is 11.5 Å². The molecule has 6 nitrogen and oxygen atoms in total. The van der Waals surface area contributed by atoms with E-state index in [1.54, 1.807) is 12.1 Å². The van der Waals surface area contributed by atoms with Gasteiger partial charge >= 0.3 is 5.69 Å². The van der Waals surface area contributed by atoms with Crippen LogP contribution in [0, 0.1) is 0 Å². The fourth-order valence-electron chi connectivity index (χ4n) is 2.53. The van der Waals surface area contributed by atoms with Crippen LogP contribution in [-0.2, 0) is 6.54 Å². The topological polar surface area (TPSA) is 84.0 Å². The van der Waals surface area contributed by atoms with Gasteiger partial charge in [0, 0.05) is 16.8 Å². The molecule has 3 rings (SSSR count). The summed E-state index contributed by atoms with van der Waals surface area (Å²) in [6.45, 7) is 4.31. The maximum atomic E-state index is 12.6. The lowest BCUT2D eigenvalue weighted by molar-refractivity contribution is 0.102. The monoisotopic (exact) mass is 369 g/mol. The van der Waals surface area contributed by atoms with E-state index in [4.69, 9.17) is 0 Å². The number of H-pyrrole nitrogens is 1. The highest BCUT2D eigenvalue weighted by molar-refractivity contribution is 7.09. The summed E-state index contributed by atoms with van der Waals surface area (Å²) in [5, 5.41) is 4.57. The van der Waals surface area contributed by atoms with Gasteiger partial charge in [0.1, 0.15) is 5.56 Å². The van der Waals surface area contributed by atoms with Crippen molar-refractivity contribution >= 4 is 22.9 Å². The molecule has 7 heteroatoms. The normalized spacial score (nSPS) is 10.9. The van der Waals surface area contributed by atoms with Crippen molar-refractivity contribution in [1.29, 1.82) is 0 Å². The summed E-state index contributed by atoms with van der Waals surface area (Å²) in [7, 11) is 0. The quantitative estimate of drug-likeness (QED) is 0.725. The van der Waals surface area contributed by atoms with E-state index in [0.29, 0.717) is 11.6 Å². The summed E-state index contributed by atoms with van der Waals surface area (Å²) < 4.78 is 1.03. The predicted octanol–water partition coefficient (Wildman–Crippen LogP) is 3.02. The second kappa shape index (κ2) is 7.53. The van der Waals surface area contributed by atoms with E-state index >= 15 is 0 Å². The number of hydrogen-bond donors (Lipinski definition) is 2. The molecule has 0 saturated heterocycles. The molecule has 26 heavy (non-hydrogen) atoms. The van der Waals surface area contributed by atoms with Crippen molar-refractivity contribution in [2.45, 2.75) is 26.3 Å². The van der Waals surface area contributed by atoms with Crippen molar-refractivity contribution in [2.75, 3.05) is 5.32 Å². The molecule has 0 aliphatic rings. The zero-order valence-corrected chi connectivity index (χ0v) is 15.3. The number of carbonyl (C=O) groups is 1. The molecular formula is C19H19N3O3S. The van der Waals surface area contributed by atoms with Gasteiger partial charge in [0.15, 0.2) is 0 Å². The Balaban J connectivity index is 1.85. The number of rotatable bonds is 5. The Morgan fingerprint density at radius 3 is 2.54 bits per heavy atom. The maximum absolute atomic E-state index is 12.6. The van der Waals surface area contributed by atoms with Crippen LogP contribution in [0.2, 0.25) is 0 Å². The molecule has 1 amide bonds. The fourth-order valence-corrected chi connectivity index (χ4v) is 3.22. The standard InChI is InChI=1S/C19H19N3O3S/c1-12(2)13-5-7-14(8-6-13)21-17(23)16-10-20-19(25)22(18(16)24)11-15-4-3-9-26-15/h3-10,12H,11H2,1-2H3,(H,20,25)(H,21,23). The van der Waals surface area contributed by atoms with Crippen LogP contribution in [0.25, 0.3) is 0 Å². The molecule has 0 bridgehead atoms. The van der Waals surface area contributed by atoms with E-state index < -0.39 is 17.2 Å². The minimum absolute atomic E-state index is 0.103. The SMILES string of the molecule is CC(C)c1ccc(NC(=O)c2c[nH]c(=O)n(Cc3cccs3)c2=O)cc1. The molecule has 0 unspecified atom stereocenters. The molecular weight excluding hydrogens is 350 g/mol. The van der Waals surface area contributed by atoms with Gasteiger partial charge in [-0.3, -0.25) is 14.2 Å². The highest BCUT2D eigenvalue weighted by Crippen LogP contribution is 2.17. The molecule has 1 aromatic carbocycles. The molecule has 3 aromatic rings. The highest BCUT2D eigenvalue weighted by atomic mass is 32.1. The van der Waals surface area contributed by atoms with Crippen molar-refractivity contribution in [2.24, 2.45) is 0 Å². The van der Waals surface area contributed by atoms with Gasteiger partial charge < -0.3 is 10.3 Å². The van der Waals surface area contributed by atoms with Gasteiger partial charge in [-0.05, 0) is 35.1 Å². The number of nitrogens with one attached hydrogen (secondary N) is 2. The lowest BCUT2D eigenvalue weighted by Gasteiger charge is -2.09. The van der Waals surface area contributed by atoms with Gasteiger partial charge in [-0.15, -0.1) is 11.3 Å². The number of amides is 1. The predicted molar refractivity (Wildman–Crippen MR) is 103 cm³/mol. The molecule has 0 saturated carbocycles. The van der Waals surface area contributed by atoms with Crippen LogP contribution in [0.15, 0.2) is 57.6 Å². The van der Waals surface area contributed by atoms with Crippen molar-refractivity contribution in [3.63, 3.8) is 0 Å². The first-order valence-electron chi connectivity index (χ1n) is 8.22. The molecule has 134 valence electrons. The Labute approximate surface area is 154 Å². The average Bonchev–Trinajstić information content (AvgIpc) is 3.12. The Morgan fingerprint density at radius 1 is 1.19 bits per heavy atom. The molecule has 2 heterocycles. The summed E-state index contributed by atoms with van der Waals surface area (Å²) in [4.78, 5) is 40.4. The minimum Gasteiger partial charge on any atom is -0.322 e. The third-order valence-electron chi connectivity index (χ3n) is 4.03. The van der Waals surface area contributed by atoms with Crippen LogP contribution in [0.4, 0.5) is 5.69 Å². The van der Waals surface area contributed by atoms with Gasteiger partial charge in [-0.25, -0.2) is 4.79 Å². The molecule has 0 radical (unpaired) electrons. The van der Waals surface area contributed by atoms with E-state index in [9.17, 15) is 14.4 Å². The Kier molecular flexibility index (Phi) is 5.18. The largest absolute Gasteiger partial charge is 0.328 e. The third kappa shape index (κ3) is 3.83. The fraction of sp³-hybridized carbons (Fsp3) is 0.211. The Bertz CT molecular complexity index is 1020. The first kappa shape index (κ1) is 17.9. The molecule has 0 spiro atoms. The zero-order chi connectivity index (χ0) is 18.7. The van der Waals surface area contributed by atoms with Crippen LogP contribution < -0.4 is 16.6 Å². The van der Waals surface area contributed by atoms with E-state index in [2.05, 4.69) is 24.1 Å². The molecule has 0 fully saturated rings. The lowest BCUT2D eigenvalue weighted by Crippen LogP contribution is -2.39. The first-order chi connectivity index (χ1) is 12.5. The number of thiophene rings is 1. The summed E-state index contributed by atoms with van der Waals surface area (Å²) in [6, 6.07) is 11.1. The molecule has 0 aliphatic heterocycles. The first-order valence-corrected chi connectivity index (χ1v) is 9.10. The number of hydrogen-bond acceptors (Lipinski definition) is 4. The van der Waals surface area contributed by atoms with Crippen LogP contribution >= 0.6 is 11.3 Å². The van der Waals surface area contributed by atoms with E-state index in [0.717, 1.165) is 21.2 Å². The van der Waals surface area contributed by atoms with E-state index in [1.165, 1.54) is 11.3 Å². The second-order valence-electron chi connectivity index (χ2n) is 6.21. The van der Waals surface area contributed by atoms with E-state index in [-0.39, 0.29) is 12.1 Å². The summed E-state index contributed by atoms with van der Waals surface area (Å²) in [5.74, 6) is -0.160. The van der Waals surface area contributed by atoms with Crippen molar-refractivity contribution in [3.05, 3.63) is 84.8 Å². The number of aromatic nitrogens is 2. The molecule has 2 aromatic heterocycles. The van der Waals surface area contributed by atoms with Crippen LogP contribution in [-0.4, -0.2) is 15.5 Å². The number of nitrogens with zero attached hydrogens (tertiary/aromatic N) is 1. The number of carbonyl (C=O) groups excluding carboxylic acids is 1. The van der Waals surface area contributed by atoms with Crippen LogP contribution in [0.5, 0.6) is 0 Å². The third-order valence-corrected chi connectivity index (χ3v) is 4.90. The summed E-state index contributed by atoms with van der Waals surface area (Å²) in [6.07, 6.45) is 1.16. The summed E-state index contributed by atoms with van der Waals surface area (Å²) in [5.41, 5.74) is 0.494. The lowest BCUT2D eigenvalue weighted by atomic mass is 10.0. The van der Waals surface area contributed by atoms with Crippen molar-refractivity contribution in [1.82, 2.24) is 9.55 Å². The van der Waals surface area contributed by atoms with Gasteiger partial charge in [0.05, 0.1) is 6.54 Å². The highest BCUT2D eigenvalue weighted by Gasteiger charge is 2.15. The van der Waals surface area contributed by atoms with Crippen molar-refractivity contribution < 1.29 is 4.79 Å². The van der Waals surface area contributed by atoms with Crippen LogP contribution in [0.3, 0.4) is 0 Å². The van der Waals surface area contributed by atoms with Crippen LogP contribution in [0.1, 0.15) is 40.6 Å². The smallest absolute Gasteiger partial charge is 0.322 e. The van der Waals surface area contributed by atoms with Gasteiger partial charge in [-0.1, -0.05) is 32.0 Å². The molecule has 2 N–H and O–H groups in total.